The molecule has 0 radical (unpaired) electrons. The Bertz CT molecular complexity index is 403. The second kappa shape index (κ2) is 14.9. The summed E-state index contributed by atoms with van der Waals surface area (Å²) in [5, 5.41) is 0. The van der Waals surface area contributed by atoms with E-state index in [0.29, 0.717) is 0 Å². The molecule has 0 saturated carbocycles. The lowest BCUT2D eigenvalue weighted by atomic mass is 11.8. The summed E-state index contributed by atoms with van der Waals surface area (Å²) in [6, 6.07) is 0. The fourth-order valence-corrected chi connectivity index (χ4v) is 16.4. The summed E-state index contributed by atoms with van der Waals surface area (Å²) in [5.41, 5.74) is 0. The minimum Gasteiger partial charge on any atom is -0.355 e. The molecule has 33 heavy (non-hydrogen) atoms. The molecule has 0 heterocycles. The first-order valence-corrected chi connectivity index (χ1v) is 17.1. The van der Waals surface area contributed by atoms with Crippen LogP contribution in [-0.4, -0.2) is 131 Å². The van der Waals surface area contributed by atoms with Crippen molar-refractivity contribution in [3.63, 3.8) is 0 Å². The van der Waals surface area contributed by atoms with Gasteiger partial charge in [0.2, 0.25) is 0 Å². The average molecular weight is 577 g/mol. The fourth-order valence-electron chi connectivity index (χ4n) is 2.24. The van der Waals surface area contributed by atoms with Gasteiger partial charge in [0.25, 0.3) is 0 Å². The molecule has 0 aromatic heterocycles. The molecule has 0 spiro atoms. The topological polar surface area (TPSA) is 148 Å². The van der Waals surface area contributed by atoms with E-state index in [-0.39, 0.29) is 0 Å². The first kappa shape index (κ1) is 33.4. The van der Waals surface area contributed by atoms with Crippen LogP contribution >= 0.6 is 0 Å². The molecule has 0 rings (SSSR count). The summed E-state index contributed by atoms with van der Waals surface area (Å²) in [4.78, 5) is 0. The third-order valence-electron chi connectivity index (χ3n) is 4.00. The maximum absolute atomic E-state index is 6.09. The summed E-state index contributed by atoms with van der Waals surface area (Å²) in [5.74, 6) is 0. The number of hydrogen-bond acceptors (Lipinski definition) is 16. The van der Waals surface area contributed by atoms with E-state index >= 15 is 0 Å². The second-order valence-corrected chi connectivity index (χ2v) is 18.5. The molecule has 0 saturated heterocycles. The van der Waals surface area contributed by atoms with Crippen molar-refractivity contribution in [2.75, 3.05) is 85.3 Å². The Hall–Kier alpha value is 0.444. The molecule has 0 aliphatic heterocycles. The van der Waals surface area contributed by atoms with Gasteiger partial charge in [-0.2, -0.15) is 0 Å². The van der Waals surface area contributed by atoms with E-state index in [1.807, 2.05) is 0 Å². The molecule has 0 aromatic rings. The molecule has 0 amide bonds. The Morgan fingerprint density at radius 2 is 0.333 bits per heavy atom. The zero-order valence-corrected chi connectivity index (χ0v) is 26.0. The van der Waals surface area contributed by atoms with Crippen LogP contribution in [-0.2, 0) is 69.6 Å². The van der Waals surface area contributed by atoms with Gasteiger partial charge >= 0.3 is 45.2 Å². The van der Waals surface area contributed by atoms with Crippen LogP contribution in [0.4, 0.5) is 0 Å². The largest absolute Gasteiger partial charge is 0.673 e. The summed E-state index contributed by atoms with van der Waals surface area (Å²) in [6.45, 7) is 0. The molecule has 0 N–H and O–H groups in total. The zero-order valence-electron chi connectivity index (χ0n) is 21.0. The van der Waals surface area contributed by atoms with E-state index in [2.05, 4.69) is 0 Å². The van der Waals surface area contributed by atoms with Crippen LogP contribution in [0.2, 0.25) is 0 Å². The highest BCUT2D eigenvalue weighted by Gasteiger charge is 2.72. The smallest absolute Gasteiger partial charge is 0.355 e. The summed E-state index contributed by atoms with van der Waals surface area (Å²) >= 11 is 0. The standard InChI is InChI=1S/C12H36O16Si5/c1-13-29(14-2,15-3)25-33(26-30(16-4,17-5)18-6,27-31(19-7,20-8)21-9)28-32(22-10,23-11)24-12/h1-12H3. The van der Waals surface area contributed by atoms with Gasteiger partial charge in [0.05, 0.1) is 0 Å². The molecule has 16 nitrogen and oxygen atoms in total. The summed E-state index contributed by atoms with van der Waals surface area (Å²) in [7, 11) is -5.48. The molecule has 0 unspecified atom stereocenters. The third-order valence-corrected chi connectivity index (χ3v) is 18.0. The minimum absolute atomic E-state index is 1.29. The van der Waals surface area contributed by atoms with E-state index in [1.54, 1.807) is 0 Å². The highest BCUT2D eigenvalue weighted by atomic mass is 28.6. The van der Waals surface area contributed by atoms with Crippen LogP contribution in [0.5, 0.6) is 0 Å². The van der Waals surface area contributed by atoms with Crippen molar-refractivity contribution >= 4 is 45.2 Å². The van der Waals surface area contributed by atoms with Crippen molar-refractivity contribution in [1.82, 2.24) is 0 Å². The zero-order chi connectivity index (χ0) is 25.8. The number of rotatable bonds is 20. The van der Waals surface area contributed by atoms with Crippen molar-refractivity contribution in [1.29, 1.82) is 0 Å². The first-order chi connectivity index (χ1) is 15.6. The van der Waals surface area contributed by atoms with Crippen LogP contribution in [0.3, 0.4) is 0 Å². The van der Waals surface area contributed by atoms with Gasteiger partial charge in [-0.15, -0.1) is 0 Å². The highest BCUT2D eigenvalue weighted by molar-refractivity contribution is 6.82. The molecule has 21 heteroatoms. The van der Waals surface area contributed by atoms with Crippen LogP contribution in [0.15, 0.2) is 0 Å². The molecule has 0 aliphatic rings. The Morgan fingerprint density at radius 1 is 0.212 bits per heavy atom. The normalized spacial score (nSPS) is 14.2. The van der Waals surface area contributed by atoms with Crippen molar-refractivity contribution in [2.45, 2.75) is 0 Å². The molecular formula is C12H36O16Si5. The van der Waals surface area contributed by atoms with Gasteiger partial charge in [-0.25, -0.2) is 0 Å². The Morgan fingerprint density at radius 3 is 0.424 bits per heavy atom. The molecule has 0 bridgehead atoms. The summed E-state index contributed by atoms with van der Waals surface area (Å²) in [6.07, 6.45) is 0. The molecule has 0 atom stereocenters. The lowest BCUT2D eigenvalue weighted by molar-refractivity contribution is -0.0708. The van der Waals surface area contributed by atoms with E-state index in [1.165, 1.54) is 85.3 Å². The Kier molecular flexibility index (Phi) is 15.1. The van der Waals surface area contributed by atoms with E-state index in [9.17, 15) is 0 Å². The van der Waals surface area contributed by atoms with Gasteiger partial charge in [-0.3, -0.25) is 0 Å². The first-order valence-electron chi connectivity index (χ1n) is 8.98. The third kappa shape index (κ3) is 8.23. The second-order valence-electron chi connectivity index (χ2n) is 5.36. The van der Waals surface area contributed by atoms with Gasteiger partial charge in [-0.1, -0.05) is 0 Å². The Labute approximate surface area is 200 Å². The fraction of sp³-hybridized carbons (Fsp3) is 1.00. The van der Waals surface area contributed by atoms with Gasteiger partial charge < -0.3 is 69.6 Å². The van der Waals surface area contributed by atoms with Crippen molar-refractivity contribution in [2.24, 2.45) is 0 Å². The maximum atomic E-state index is 6.09. The van der Waals surface area contributed by atoms with Gasteiger partial charge in [0, 0.05) is 85.3 Å². The Balaban J connectivity index is 7.10. The maximum Gasteiger partial charge on any atom is 0.673 e. The summed E-state index contributed by atoms with van der Waals surface area (Å²) < 4.78 is 88.9. The van der Waals surface area contributed by atoms with E-state index in [0.717, 1.165) is 0 Å². The van der Waals surface area contributed by atoms with Crippen LogP contribution < -0.4 is 0 Å². The predicted octanol–water partition coefficient (Wildman–Crippen LogP) is -1.01. The van der Waals surface area contributed by atoms with Crippen molar-refractivity contribution in [3.8, 4) is 0 Å². The molecule has 0 aromatic carbocycles. The van der Waals surface area contributed by atoms with Crippen LogP contribution in [0, 0.1) is 0 Å². The minimum atomic E-state index is -4.84. The molecule has 0 fully saturated rings. The van der Waals surface area contributed by atoms with Gasteiger partial charge in [0.1, 0.15) is 0 Å². The van der Waals surface area contributed by atoms with Crippen LogP contribution in [0.1, 0.15) is 0 Å². The van der Waals surface area contributed by atoms with Gasteiger partial charge in [0.15, 0.2) is 0 Å². The van der Waals surface area contributed by atoms with Crippen LogP contribution in [0.25, 0.3) is 0 Å². The molecule has 200 valence electrons. The van der Waals surface area contributed by atoms with Crippen molar-refractivity contribution in [3.05, 3.63) is 0 Å². The lowest BCUT2D eigenvalue weighted by Crippen LogP contribution is -2.73. The quantitative estimate of drug-likeness (QED) is 0.163. The van der Waals surface area contributed by atoms with E-state index < -0.39 is 45.2 Å². The predicted molar refractivity (Wildman–Crippen MR) is 117 cm³/mol. The van der Waals surface area contributed by atoms with E-state index in [4.69, 9.17) is 69.6 Å². The highest BCUT2D eigenvalue weighted by Crippen LogP contribution is 2.32. The SMILES string of the molecule is CO[Si](OC)(OC)O[Si](O[Si](OC)(OC)OC)(O[Si](OC)(OC)OC)O[Si](OC)(OC)OC. The van der Waals surface area contributed by atoms with Crippen molar-refractivity contribution < 1.29 is 69.6 Å². The average Bonchev–Trinajstić information content (AvgIpc) is 2.88. The van der Waals surface area contributed by atoms with Gasteiger partial charge in [-0.05, 0) is 0 Å². The molecular weight excluding hydrogens is 541 g/mol. The lowest BCUT2D eigenvalue weighted by Gasteiger charge is -2.41. The number of hydrogen-bond donors (Lipinski definition) is 0. The monoisotopic (exact) mass is 576 g/mol. The molecule has 0 aliphatic carbocycles.